The van der Waals surface area contributed by atoms with Crippen molar-refractivity contribution in [1.82, 2.24) is 0 Å². The fraction of sp³-hybridized carbons (Fsp3) is 0.538. The van der Waals surface area contributed by atoms with Crippen molar-refractivity contribution in [3.05, 3.63) is 29.8 Å². The summed E-state index contributed by atoms with van der Waals surface area (Å²) in [7, 11) is 0. The van der Waals surface area contributed by atoms with Crippen LogP contribution in [0.15, 0.2) is 24.3 Å². The first kappa shape index (κ1) is 14.2. The summed E-state index contributed by atoms with van der Waals surface area (Å²) in [6.07, 6.45) is -5.77. The molecule has 1 heterocycles. The summed E-state index contributed by atoms with van der Waals surface area (Å²) in [6, 6.07) is 7.42. The Bertz CT molecular complexity index is 408. The van der Waals surface area contributed by atoms with E-state index in [0.29, 0.717) is 0 Å². The predicted octanol–water partition coefficient (Wildman–Crippen LogP) is -0.793. The molecule has 5 atom stereocenters. The number of rotatable bonds is 3. The minimum atomic E-state index is -1.37. The lowest BCUT2D eigenvalue weighted by molar-refractivity contribution is -0.221. The number of hydrogen-bond acceptors (Lipinski definition) is 6. The summed E-state index contributed by atoms with van der Waals surface area (Å²) in [5.74, 6) is 0. The second-order valence-electron chi connectivity index (χ2n) is 4.76. The molecule has 1 aromatic carbocycles. The van der Waals surface area contributed by atoms with E-state index in [1.54, 1.807) is 0 Å². The average molecular weight is 269 g/mol. The van der Waals surface area contributed by atoms with Crippen LogP contribution in [0, 0.1) is 6.92 Å². The second-order valence-corrected chi connectivity index (χ2v) is 4.76. The SMILES string of the molecule is Cc1ccc(N[C@@H]2O[C@@H](CO)[C@@H](O)[C@@H](O)[C@@H]2O)cc1. The van der Waals surface area contributed by atoms with Crippen LogP contribution in [0.3, 0.4) is 0 Å². The van der Waals surface area contributed by atoms with Gasteiger partial charge in [-0.15, -0.1) is 0 Å². The van der Waals surface area contributed by atoms with E-state index < -0.39 is 37.3 Å². The van der Waals surface area contributed by atoms with Gasteiger partial charge in [0.2, 0.25) is 0 Å². The summed E-state index contributed by atoms with van der Waals surface area (Å²) in [5.41, 5.74) is 1.81. The molecule has 0 unspecified atom stereocenters. The van der Waals surface area contributed by atoms with Gasteiger partial charge >= 0.3 is 0 Å². The average Bonchev–Trinajstić information content (AvgIpc) is 2.42. The van der Waals surface area contributed by atoms with Gasteiger partial charge in [0.1, 0.15) is 24.4 Å². The Balaban J connectivity index is 2.08. The van der Waals surface area contributed by atoms with Gasteiger partial charge < -0.3 is 30.5 Å². The molecule has 1 saturated heterocycles. The number of benzene rings is 1. The maximum Gasteiger partial charge on any atom is 0.157 e. The van der Waals surface area contributed by atoms with Crippen LogP contribution in [-0.4, -0.2) is 57.7 Å². The quantitative estimate of drug-likeness (QED) is 0.493. The van der Waals surface area contributed by atoms with E-state index in [-0.39, 0.29) is 0 Å². The summed E-state index contributed by atoms with van der Waals surface area (Å²) in [4.78, 5) is 0. The van der Waals surface area contributed by atoms with E-state index in [9.17, 15) is 15.3 Å². The van der Waals surface area contributed by atoms with E-state index in [1.807, 2.05) is 31.2 Å². The van der Waals surface area contributed by atoms with Crippen LogP contribution in [0.2, 0.25) is 0 Å². The van der Waals surface area contributed by atoms with Crippen molar-refractivity contribution in [2.75, 3.05) is 11.9 Å². The van der Waals surface area contributed by atoms with Crippen molar-refractivity contribution in [3.8, 4) is 0 Å². The first-order valence-electron chi connectivity index (χ1n) is 6.16. The summed E-state index contributed by atoms with van der Waals surface area (Å²) < 4.78 is 5.34. The van der Waals surface area contributed by atoms with Crippen molar-refractivity contribution in [2.45, 2.75) is 37.6 Å². The molecule has 0 aliphatic carbocycles. The Morgan fingerprint density at radius 3 is 2.26 bits per heavy atom. The number of anilines is 1. The topological polar surface area (TPSA) is 102 Å². The van der Waals surface area contributed by atoms with Gasteiger partial charge in [-0.1, -0.05) is 17.7 Å². The molecule has 1 aliphatic rings. The molecule has 5 N–H and O–H groups in total. The number of aliphatic hydroxyl groups excluding tert-OH is 4. The molecule has 106 valence electrons. The maximum atomic E-state index is 9.86. The maximum absolute atomic E-state index is 9.86. The van der Waals surface area contributed by atoms with Crippen LogP contribution in [0.5, 0.6) is 0 Å². The van der Waals surface area contributed by atoms with Gasteiger partial charge in [0.25, 0.3) is 0 Å². The fourth-order valence-electron chi connectivity index (χ4n) is 2.03. The standard InChI is InChI=1S/C13H19NO5/c1-7-2-4-8(5-3-7)14-13-12(18)11(17)10(16)9(6-15)19-13/h2-5,9-18H,6H2,1H3/t9-,10+,11+,12-,13+/m0/s1. The molecule has 0 aromatic heterocycles. The molecule has 0 radical (unpaired) electrons. The molecule has 6 nitrogen and oxygen atoms in total. The Morgan fingerprint density at radius 1 is 1.05 bits per heavy atom. The van der Waals surface area contributed by atoms with Gasteiger partial charge in [0.15, 0.2) is 6.23 Å². The molecular formula is C13H19NO5. The Labute approximate surface area is 111 Å². The molecule has 1 aliphatic heterocycles. The van der Waals surface area contributed by atoms with Gasteiger partial charge in [-0.25, -0.2) is 0 Å². The highest BCUT2D eigenvalue weighted by Crippen LogP contribution is 2.22. The lowest BCUT2D eigenvalue weighted by Gasteiger charge is -2.40. The van der Waals surface area contributed by atoms with E-state index in [0.717, 1.165) is 11.3 Å². The smallest absolute Gasteiger partial charge is 0.157 e. The highest BCUT2D eigenvalue weighted by molar-refractivity contribution is 5.45. The Kier molecular flexibility index (Phi) is 4.38. The lowest BCUT2D eigenvalue weighted by atomic mass is 9.98. The third-order valence-corrected chi connectivity index (χ3v) is 3.25. The van der Waals surface area contributed by atoms with Crippen LogP contribution < -0.4 is 5.32 Å². The number of aliphatic hydroxyl groups is 4. The van der Waals surface area contributed by atoms with E-state index >= 15 is 0 Å². The monoisotopic (exact) mass is 269 g/mol. The number of ether oxygens (including phenoxy) is 1. The normalized spacial score (nSPS) is 35.1. The van der Waals surface area contributed by atoms with Crippen LogP contribution in [-0.2, 0) is 4.74 Å². The van der Waals surface area contributed by atoms with E-state index in [4.69, 9.17) is 9.84 Å². The first-order chi connectivity index (χ1) is 9.02. The van der Waals surface area contributed by atoms with Crippen molar-refractivity contribution in [2.24, 2.45) is 0 Å². The molecule has 19 heavy (non-hydrogen) atoms. The highest BCUT2D eigenvalue weighted by Gasteiger charge is 2.43. The summed E-state index contributed by atoms with van der Waals surface area (Å²) >= 11 is 0. The van der Waals surface area contributed by atoms with Crippen LogP contribution in [0.25, 0.3) is 0 Å². The molecule has 0 spiro atoms. The van der Waals surface area contributed by atoms with Crippen molar-refractivity contribution in [1.29, 1.82) is 0 Å². The molecule has 0 saturated carbocycles. The van der Waals surface area contributed by atoms with E-state index in [2.05, 4.69) is 5.32 Å². The third kappa shape index (κ3) is 3.05. The van der Waals surface area contributed by atoms with Gasteiger partial charge in [-0.2, -0.15) is 0 Å². The second kappa shape index (κ2) is 5.85. The minimum absolute atomic E-state index is 0.434. The fourth-order valence-corrected chi connectivity index (χ4v) is 2.03. The zero-order valence-electron chi connectivity index (χ0n) is 10.6. The van der Waals surface area contributed by atoms with Gasteiger partial charge in [0, 0.05) is 5.69 Å². The molecule has 1 fully saturated rings. The van der Waals surface area contributed by atoms with Crippen molar-refractivity contribution in [3.63, 3.8) is 0 Å². The number of hydrogen-bond donors (Lipinski definition) is 5. The first-order valence-corrected chi connectivity index (χ1v) is 6.16. The molecular weight excluding hydrogens is 250 g/mol. The Hall–Kier alpha value is -1.18. The minimum Gasteiger partial charge on any atom is -0.394 e. The largest absolute Gasteiger partial charge is 0.394 e. The lowest BCUT2D eigenvalue weighted by Crippen LogP contribution is -2.60. The van der Waals surface area contributed by atoms with E-state index in [1.165, 1.54) is 0 Å². The predicted molar refractivity (Wildman–Crippen MR) is 68.6 cm³/mol. The number of aryl methyl sites for hydroxylation is 1. The molecule has 1 aromatic rings. The highest BCUT2D eigenvalue weighted by atomic mass is 16.6. The van der Waals surface area contributed by atoms with Crippen LogP contribution in [0.4, 0.5) is 5.69 Å². The number of nitrogens with one attached hydrogen (secondary N) is 1. The Morgan fingerprint density at radius 2 is 1.68 bits per heavy atom. The molecule has 0 amide bonds. The van der Waals surface area contributed by atoms with Gasteiger partial charge in [-0.05, 0) is 19.1 Å². The molecule has 2 rings (SSSR count). The zero-order valence-corrected chi connectivity index (χ0v) is 10.6. The molecule has 0 bridgehead atoms. The molecule has 6 heteroatoms. The van der Waals surface area contributed by atoms with Crippen LogP contribution in [0.1, 0.15) is 5.56 Å². The van der Waals surface area contributed by atoms with Crippen molar-refractivity contribution >= 4 is 5.69 Å². The van der Waals surface area contributed by atoms with Gasteiger partial charge in [0.05, 0.1) is 6.61 Å². The van der Waals surface area contributed by atoms with Crippen LogP contribution >= 0.6 is 0 Å². The third-order valence-electron chi connectivity index (χ3n) is 3.25. The zero-order chi connectivity index (χ0) is 14.0. The summed E-state index contributed by atoms with van der Waals surface area (Å²) in [6.45, 7) is 1.52. The summed E-state index contributed by atoms with van der Waals surface area (Å²) in [5, 5.41) is 41.2. The van der Waals surface area contributed by atoms with Crippen molar-refractivity contribution < 1.29 is 25.2 Å². The van der Waals surface area contributed by atoms with Gasteiger partial charge in [-0.3, -0.25) is 0 Å².